The number of nitrogens with one attached hydrogen (secondary N) is 2. The van der Waals surface area contributed by atoms with Gasteiger partial charge in [0.2, 0.25) is 0 Å². The summed E-state index contributed by atoms with van der Waals surface area (Å²) in [5.74, 6) is -9.17. The van der Waals surface area contributed by atoms with Gasteiger partial charge in [0.05, 0.1) is 5.56 Å². The molecule has 4 nitrogen and oxygen atoms in total. The molecule has 0 aliphatic carbocycles. The minimum absolute atomic E-state index is 0.0978. The standard InChI is InChI=1S/C15H10F4N2O2/c1-20-14(22)7-3-2-4-8(5-7)21-15(23)9-6-10(16)12(18)13(19)11(9)17/h2-6H,1H3,(H,20,22)(H,21,23). The Morgan fingerprint density at radius 3 is 2.26 bits per heavy atom. The van der Waals surface area contributed by atoms with Crippen LogP contribution in [0.1, 0.15) is 20.7 Å². The first-order chi connectivity index (χ1) is 10.8. The summed E-state index contributed by atoms with van der Waals surface area (Å²) < 4.78 is 52.7. The number of hydrogen-bond acceptors (Lipinski definition) is 2. The maximum absolute atomic E-state index is 13.6. The summed E-state index contributed by atoms with van der Waals surface area (Å²) in [7, 11) is 1.41. The predicted molar refractivity (Wildman–Crippen MR) is 74.1 cm³/mol. The molecule has 0 saturated heterocycles. The number of hydrogen-bond donors (Lipinski definition) is 2. The zero-order chi connectivity index (χ0) is 17.1. The van der Waals surface area contributed by atoms with Crippen molar-refractivity contribution in [1.82, 2.24) is 5.32 Å². The van der Waals surface area contributed by atoms with E-state index in [1.807, 2.05) is 0 Å². The van der Waals surface area contributed by atoms with Crippen LogP contribution in [0, 0.1) is 23.3 Å². The molecule has 120 valence electrons. The third-order valence-electron chi connectivity index (χ3n) is 2.96. The minimum atomic E-state index is -2.07. The summed E-state index contributed by atoms with van der Waals surface area (Å²) in [4.78, 5) is 23.4. The van der Waals surface area contributed by atoms with Gasteiger partial charge in [-0.1, -0.05) is 6.07 Å². The molecule has 2 aromatic carbocycles. The van der Waals surface area contributed by atoms with Crippen molar-refractivity contribution in [2.75, 3.05) is 12.4 Å². The van der Waals surface area contributed by atoms with Crippen molar-refractivity contribution in [1.29, 1.82) is 0 Å². The van der Waals surface area contributed by atoms with Gasteiger partial charge in [0.15, 0.2) is 23.3 Å². The molecule has 8 heteroatoms. The van der Waals surface area contributed by atoms with E-state index in [9.17, 15) is 27.2 Å². The number of rotatable bonds is 3. The Bertz CT molecular complexity index is 793. The molecule has 0 unspecified atom stereocenters. The monoisotopic (exact) mass is 326 g/mol. The van der Waals surface area contributed by atoms with Crippen LogP contribution in [0.4, 0.5) is 23.2 Å². The van der Waals surface area contributed by atoms with Crippen molar-refractivity contribution in [2.24, 2.45) is 0 Å². The lowest BCUT2D eigenvalue weighted by atomic mass is 10.1. The highest BCUT2D eigenvalue weighted by Crippen LogP contribution is 2.20. The number of carbonyl (C=O) groups is 2. The van der Waals surface area contributed by atoms with Gasteiger partial charge in [-0.2, -0.15) is 0 Å². The molecular formula is C15H10F4N2O2. The molecule has 0 aliphatic heterocycles. The van der Waals surface area contributed by atoms with Crippen LogP contribution in [0.15, 0.2) is 30.3 Å². The highest BCUT2D eigenvalue weighted by Gasteiger charge is 2.23. The van der Waals surface area contributed by atoms with Gasteiger partial charge in [-0.3, -0.25) is 9.59 Å². The van der Waals surface area contributed by atoms with E-state index in [4.69, 9.17) is 0 Å². The Kier molecular flexibility index (Phi) is 4.63. The van der Waals surface area contributed by atoms with Crippen molar-refractivity contribution >= 4 is 17.5 Å². The average Bonchev–Trinajstić information content (AvgIpc) is 2.55. The molecule has 0 fully saturated rings. The third kappa shape index (κ3) is 3.31. The molecule has 0 radical (unpaired) electrons. The SMILES string of the molecule is CNC(=O)c1cccc(NC(=O)c2cc(F)c(F)c(F)c2F)c1. The molecule has 2 N–H and O–H groups in total. The van der Waals surface area contributed by atoms with Crippen molar-refractivity contribution in [3.05, 3.63) is 64.7 Å². The fourth-order valence-electron chi connectivity index (χ4n) is 1.82. The first kappa shape index (κ1) is 16.5. The second-order valence-corrected chi connectivity index (χ2v) is 4.46. The van der Waals surface area contributed by atoms with Gasteiger partial charge in [-0.25, -0.2) is 17.6 Å². The molecule has 0 bridgehead atoms. The van der Waals surface area contributed by atoms with E-state index in [2.05, 4.69) is 10.6 Å². The van der Waals surface area contributed by atoms with Crippen LogP contribution in [0.25, 0.3) is 0 Å². The van der Waals surface area contributed by atoms with Crippen molar-refractivity contribution in [3.63, 3.8) is 0 Å². The predicted octanol–water partition coefficient (Wildman–Crippen LogP) is 2.85. The minimum Gasteiger partial charge on any atom is -0.355 e. The Morgan fingerprint density at radius 1 is 0.913 bits per heavy atom. The summed E-state index contributed by atoms with van der Waals surface area (Å²) in [5, 5.41) is 4.55. The van der Waals surface area contributed by atoms with Gasteiger partial charge in [0.25, 0.3) is 11.8 Å². The van der Waals surface area contributed by atoms with Crippen LogP contribution < -0.4 is 10.6 Å². The molecular weight excluding hydrogens is 316 g/mol. The summed E-state index contributed by atoms with van der Waals surface area (Å²) in [6.45, 7) is 0. The van der Waals surface area contributed by atoms with Gasteiger partial charge in [0, 0.05) is 18.3 Å². The van der Waals surface area contributed by atoms with Crippen molar-refractivity contribution in [3.8, 4) is 0 Å². The van der Waals surface area contributed by atoms with E-state index in [1.54, 1.807) is 0 Å². The van der Waals surface area contributed by atoms with Crippen LogP contribution in [-0.4, -0.2) is 18.9 Å². The second kappa shape index (κ2) is 6.47. The Morgan fingerprint density at radius 2 is 1.61 bits per heavy atom. The highest BCUT2D eigenvalue weighted by atomic mass is 19.2. The van der Waals surface area contributed by atoms with Gasteiger partial charge >= 0.3 is 0 Å². The number of halogens is 4. The third-order valence-corrected chi connectivity index (χ3v) is 2.96. The zero-order valence-electron chi connectivity index (χ0n) is 11.7. The fraction of sp³-hybridized carbons (Fsp3) is 0.0667. The number of amides is 2. The number of benzene rings is 2. The molecule has 0 aliphatic rings. The summed E-state index contributed by atoms with van der Waals surface area (Å²) in [5.41, 5.74) is -0.686. The summed E-state index contributed by atoms with van der Waals surface area (Å²) in [6.07, 6.45) is 0. The van der Waals surface area contributed by atoms with E-state index >= 15 is 0 Å². The maximum Gasteiger partial charge on any atom is 0.258 e. The van der Waals surface area contributed by atoms with Crippen LogP contribution in [-0.2, 0) is 0 Å². The van der Waals surface area contributed by atoms with Gasteiger partial charge in [-0.05, 0) is 24.3 Å². The lowest BCUT2D eigenvalue weighted by molar-refractivity contribution is 0.0961. The van der Waals surface area contributed by atoms with Gasteiger partial charge in [-0.15, -0.1) is 0 Å². The first-order valence-electron chi connectivity index (χ1n) is 6.31. The topological polar surface area (TPSA) is 58.2 Å². The number of carbonyl (C=O) groups excluding carboxylic acids is 2. The molecule has 0 heterocycles. The largest absolute Gasteiger partial charge is 0.355 e. The lowest BCUT2D eigenvalue weighted by Gasteiger charge is -2.09. The van der Waals surface area contributed by atoms with Gasteiger partial charge in [0.1, 0.15) is 0 Å². The summed E-state index contributed by atoms with van der Waals surface area (Å²) in [6, 6.07) is 5.84. The summed E-state index contributed by atoms with van der Waals surface area (Å²) >= 11 is 0. The normalized spacial score (nSPS) is 10.3. The fourth-order valence-corrected chi connectivity index (χ4v) is 1.82. The zero-order valence-corrected chi connectivity index (χ0v) is 11.7. The van der Waals surface area contributed by atoms with E-state index in [0.717, 1.165) is 0 Å². The smallest absolute Gasteiger partial charge is 0.258 e. The Balaban J connectivity index is 2.32. The quantitative estimate of drug-likeness (QED) is 0.518. The Labute approximate surface area is 128 Å². The Hall–Kier alpha value is -2.90. The van der Waals surface area contributed by atoms with Gasteiger partial charge < -0.3 is 10.6 Å². The van der Waals surface area contributed by atoms with E-state index in [0.29, 0.717) is 0 Å². The molecule has 2 rings (SSSR count). The highest BCUT2D eigenvalue weighted by molar-refractivity contribution is 6.05. The van der Waals surface area contributed by atoms with Crippen LogP contribution in [0.3, 0.4) is 0 Å². The molecule has 0 saturated carbocycles. The van der Waals surface area contributed by atoms with E-state index in [-0.39, 0.29) is 17.3 Å². The molecule has 0 spiro atoms. The molecule has 23 heavy (non-hydrogen) atoms. The van der Waals surface area contributed by atoms with Crippen LogP contribution in [0.2, 0.25) is 0 Å². The van der Waals surface area contributed by atoms with Crippen molar-refractivity contribution < 1.29 is 27.2 Å². The molecule has 0 atom stereocenters. The average molecular weight is 326 g/mol. The maximum atomic E-state index is 13.6. The number of anilines is 1. The molecule has 0 aromatic heterocycles. The molecule has 2 aromatic rings. The molecule has 2 amide bonds. The van der Waals surface area contributed by atoms with Crippen molar-refractivity contribution in [2.45, 2.75) is 0 Å². The van der Waals surface area contributed by atoms with E-state index < -0.39 is 40.6 Å². The van der Waals surface area contributed by atoms with Crippen LogP contribution in [0.5, 0.6) is 0 Å². The lowest BCUT2D eigenvalue weighted by Crippen LogP contribution is -2.19. The van der Waals surface area contributed by atoms with Crippen LogP contribution >= 0.6 is 0 Å². The van der Waals surface area contributed by atoms with E-state index in [1.165, 1.54) is 31.3 Å². The second-order valence-electron chi connectivity index (χ2n) is 4.46. The first-order valence-corrected chi connectivity index (χ1v) is 6.31.